The first kappa shape index (κ1) is 38.0. The quantitative estimate of drug-likeness (QED) is 0.0537. The molecule has 3 atom stereocenters. The Balaban J connectivity index is 4.47. The van der Waals surface area contributed by atoms with Crippen molar-refractivity contribution in [1.82, 2.24) is 5.32 Å². The van der Waals surface area contributed by atoms with E-state index in [0.717, 1.165) is 38.5 Å². The molecule has 4 N–H and O–H groups in total. The topological polar surface area (TPSA) is 124 Å². The lowest BCUT2D eigenvalue weighted by atomic mass is 10.1. The van der Waals surface area contributed by atoms with Crippen LogP contribution >= 0.6 is 0 Å². The number of carbonyl (C=O) groups excluding carboxylic acids is 1. The third-order valence-electron chi connectivity index (χ3n) is 6.24. The molecule has 0 spiro atoms. The maximum absolute atomic E-state index is 12.4. The predicted octanol–water partition coefficient (Wildman–Crippen LogP) is 6.75. The van der Waals surface area contributed by atoms with Crippen molar-refractivity contribution in [3.63, 3.8) is 0 Å². The van der Waals surface area contributed by atoms with Gasteiger partial charge in [-0.25, -0.2) is 0 Å². The molecule has 230 valence electrons. The first-order valence-corrected chi connectivity index (χ1v) is 16.7. The van der Waals surface area contributed by atoms with Crippen LogP contribution in [0.3, 0.4) is 0 Å². The molecule has 0 aliphatic rings. The minimum Gasteiger partial charge on any atom is -0.387 e. The van der Waals surface area contributed by atoms with E-state index in [9.17, 15) is 28.0 Å². The second-order valence-corrected chi connectivity index (χ2v) is 11.7. The summed E-state index contributed by atoms with van der Waals surface area (Å²) < 4.78 is 32.1. The number of carbonyl (C=O) groups is 1. The zero-order chi connectivity index (χ0) is 29.9. The van der Waals surface area contributed by atoms with E-state index >= 15 is 0 Å². The summed E-state index contributed by atoms with van der Waals surface area (Å²) in [4.78, 5) is 12.4. The van der Waals surface area contributed by atoms with Crippen molar-refractivity contribution in [2.75, 3.05) is 5.75 Å². The molecule has 0 fully saturated rings. The molecule has 0 radical (unpaired) electrons. The maximum Gasteiger partial charge on any atom is 0.267 e. The predicted molar refractivity (Wildman–Crippen MR) is 167 cm³/mol. The normalized spacial score (nSPS) is 15.2. The number of hydrogen-bond acceptors (Lipinski definition) is 5. The number of hydrogen-bond donors (Lipinski definition) is 4. The Morgan fingerprint density at radius 1 is 0.700 bits per heavy atom. The first-order chi connectivity index (χ1) is 19.2. The van der Waals surface area contributed by atoms with Crippen molar-refractivity contribution in [3.05, 3.63) is 60.8 Å². The monoisotopic (exact) mass is 581 g/mol. The number of aliphatic hydroxyl groups is 2. The summed E-state index contributed by atoms with van der Waals surface area (Å²) in [6.07, 6.45) is 31.6. The van der Waals surface area contributed by atoms with E-state index in [0.29, 0.717) is 12.8 Å². The van der Waals surface area contributed by atoms with Gasteiger partial charge in [-0.1, -0.05) is 113 Å². The van der Waals surface area contributed by atoms with E-state index < -0.39 is 40.0 Å². The van der Waals surface area contributed by atoms with E-state index in [1.807, 2.05) is 6.08 Å². The molecule has 8 heteroatoms. The van der Waals surface area contributed by atoms with Gasteiger partial charge in [-0.15, -0.1) is 0 Å². The van der Waals surface area contributed by atoms with Crippen LogP contribution in [-0.2, 0) is 14.9 Å². The Morgan fingerprint density at radius 3 is 1.88 bits per heavy atom. The van der Waals surface area contributed by atoms with Gasteiger partial charge in [0.15, 0.2) is 0 Å². The Hall–Kier alpha value is -2.00. The van der Waals surface area contributed by atoms with Crippen molar-refractivity contribution in [2.45, 2.75) is 128 Å². The molecule has 0 aliphatic heterocycles. The smallest absolute Gasteiger partial charge is 0.267 e. The summed E-state index contributed by atoms with van der Waals surface area (Å²) in [6, 6.07) is -1.28. The van der Waals surface area contributed by atoms with Crippen LogP contribution in [0.1, 0.15) is 110 Å². The molecule has 0 heterocycles. The lowest BCUT2D eigenvalue weighted by Gasteiger charge is -2.22. The Bertz CT molecular complexity index is 876. The average Bonchev–Trinajstić information content (AvgIpc) is 2.90. The zero-order valence-corrected chi connectivity index (χ0v) is 25.6. The van der Waals surface area contributed by atoms with E-state index in [4.69, 9.17) is 0 Å². The summed E-state index contributed by atoms with van der Waals surface area (Å²) in [5.41, 5.74) is 0. The molecule has 0 bridgehead atoms. The van der Waals surface area contributed by atoms with Crippen molar-refractivity contribution in [1.29, 1.82) is 0 Å². The van der Waals surface area contributed by atoms with Gasteiger partial charge < -0.3 is 15.5 Å². The number of allylic oxidation sites excluding steroid dienone is 8. The van der Waals surface area contributed by atoms with Crippen LogP contribution in [-0.4, -0.2) is 53.1 Å². The third-order valence-corrected chi connectivity index (χ3v) is 7.02. The van der Waals surface area contributed by atoms with Crippen LogP contribution in [0.15, 0.2) is 60.8 Å². The van der Waals surface area contributed by atoms with Gasteiger partial charge in [-0.2, -0.15) is 8.42 Å². The number of unbranched alkanes of at least 4 members (excludes halogenated alkanes) is 9. The highest BCUT2D eigenvalue weighted by atomic mass is 32.2. The molecule has 40 heavy (non-hydrogen) atoms. The van der Waals surface area contributed by atoms with E-state index in [2.05, 4.69) is 55.6 Å². The Morgan fingerprint density at radius 2 is 1.25 bits per heavy atom. The molecule has 0 saturated carbocycles. The molecule has 3 unspecified atom stereocenters. The number of amides is 1. The average molecular weight is 582 g/mol. The molecule has 0 rings (SSSR count). The largest absolute Gasteiger partial charge is 0.387 e. The highest BCUT2D eigenvalue weighted by Gasteiger charge is 2.27. The molecular formula is C32H55NO6S. The van der Waals surface area contributed by atoms with E-state index in [1.54, 1.807) is 12.2 Å². The fourth-order valence-electron chi connectivity index (χ4n) is 3.89. The summed E-state index contributed by atoms with van der Waals surface area (Å²) >= 11 is 0. The molecule has 1 amide bonds. The van der Waals surface area contributed by atoms with Crippen molar-refractivity contribution in [2.24, 2.45) is 0 Å². The van der Waals surface area contributed by atoms with Crippen LogP contribution in [0.25, 0.3) is 0 Å². The van der Waals surface area contributed by atoms with Crippen molar-refractivity contribution < 1.29 is 28.0 Å². The highest BCUT2D eigenvalue weighted by Crippen LogP contribution is 2.08. The number of nitrogens with one attached hydrogen (secondary N) is 1. The van der Waals surface area contributed by atoms with Crippen LogP contribution in [0.2, 0.25) is 0 Å². The van der Waals surface area contributed by atoms with Crippen LogP contribution in [0.5, 0.6) is 0 Å². The Labute approximate surface area is 244 Å². The molecule has 0 aromatic carbocycles. The molecule has 0 saturated heterocycles. The van der Waals surface area contributed by atoms with Crippen LogP contribution < -0.4 is 5.32 Å². The lowest BCUT2D eigenvalue weighted by molar-refractivity contribution is -0.130. The van der Waals surface area contributed by atoms with Gasteiger partial charge in [-0.05, 0) is 51.4 Å². The summed E-state index contributed by atoms with van der Waals surface area (Å²) in [6.45, 7) is 4.36. The summed E-state index contributed by atoms with van der Waals surface area (Å²) in [5.74, 6) is -1.66. The van der Waals surface area contributed by atoms with Crippen molar-refractivity contribution in [3.8, 4) is 0 Å². The minimum absolute atomic E-state index is 0.0579. The van der Waals surface area contributed by atoms with Gasteiger partial charge in [0.2, 0.25) is 5.91 Å². The summed E-state index contributed by atoms with van der Waals surface area (Å²) in [5, 5.41) is 23.0. The maximum atomic E-state index is 12.4. The molecular weight excluding hydrogens is 526 g/mol. The standard InChI is InChI=1S/C32H55NO6S/c1-3-5-7-9-11-13-15-17-19-21-23-25-27-31(35)32(36)33-29(28-40(37,38)39)30(34)26-24-22-20-18-16-14-12-10-8-6-4-2/h8,10,16-19,23-26,29-31,34-35H,3-7,9,11-15,20-22,27-28H2,1-2H3,(H,33,36)(H,37,38,39)/b10-8+,18-16+,19-17-,25-23-,26-24+. The summed E-state index contributed by atoms with van der Waals surface area (Å²) in [7, 11) is -4.46. The fraction of sp³-hybridized carbons (Fsp3) is 0.656. The SMILES string of the molecule is CCC/C=C/CC/C=C/CC/C=C/C(O)C(CS(=O)(=O)O)NC(=O)C(O)C/C=C\C/C=C\CCCCCCCC. The van der Waals surface area contributed by atoms with E-state index in [1.165, 1.54) is 44.6 Å². The zero-order valence-electron chi connectivity index (χ0n) is 24.8. The van der Waals surface area contributed by atoms with Crippen LogP contribution in [0.4, 0.5) is 0 Å². The van der Waals surface area contributed by atoms with E-state index in [-0.39, 0.29) is 6.42 Å². The van der Waals surface area contributed by atoms with Crippen molar-refractivity contribution >= 4 is 16.0 Å². The Kier molecular flexibility index (Phi) is 24.6. The molecule has 0 aliphatic carbocycles. The van der Waals surface area contributed by atoms with Gasteiger partial charge >= 0.3 is 0 Å². The van der Waals surface area contributed by atoms with Gasteiger partial charge in [0.25, 0.3) is 10.1 Å². The first-order valence-electron chi connectivity index (χ1n) is 15.1. The minimum atomic E-state index is -4.46. The second kappa shape index (κ2) is 25.9. The number of rotatable bonds is 25. The van der Waals surface area contributed by atoms with Gasteiger partial charge in [-0.3, -0.25) is 9.35 Å². The second-order valence-electron chi connectivity index (χ2n) is 10.2. The molecule has 0 aromatic heterocycles. The highest BCUT2D eigenvalue weighted by molar-refractivity contribution is 7.85. The third kappa shape index (κ3) is 25.0. The van der Waals surface area contributed by atoms with Crippen LogP contribution in [0, 0.1) is 0 Å². The molecule has 0 aromatic rings. The number of aliphatic hydroxyl groups excluding tert-OH is 2. The molecule has 7 nitrogen and oxygen atoms in total. The van der Waals surface area contributed by atoms with Gasteiger partial charge in [0.05, 0.1) is 17.9 Å². The lowest BCUT2D eigenvalue weighted by Crippen LogP contribution is -2.50. The van der Waals surface area contributed by atoms with Gasteiger partial charge in [0, 0.05) is 6.42 Å². The fourth-order valence-corrected chi connectivity index (χ4v) is 4.62. The van der Waals surface area contributed by atoms with Gasteiger partial charge in [0.1, 0.15) is 6.10 Å².